The molecule has 1 heterocycles. The van der Waals surface area contributed by atoms with Crippen molar-refractivity contribution in [3.63, 3.8) is 0 Å². The van der Waals surface area contributed by atoms with Crippen LogP contribution in [0, 0.1) is 17.3 Å². The molecule has 1 nitrogen and oxygen atoms in total. The first kappa shape index (κ1) is 10.9. The lowest BCUT2D eigenvalue weighted by Gasteiger charge is -2.45. The molecule has 0 unspecified atom stereocenters. The predicted octanol–water partition coefficient (Wildman–Crippen LogP) is 3.47. The van der Waals surface area contributed by atoms with E-state index >= 15 is 0 Å². The van der Waals surface area contributed by atoms with Crippen molar-refractivity contribution in [2.24, 2.45) is 17.3 Å². The van der Waals surface area contributed by atoms with E-state index in [0.29, 0.717) is 11.3 Å². The van der Waals surface area contributed by atoms with Crippen molar-refractivity contribution in [2.75, 3.05) is 13.1 Å². The van der Waals surface area contributed by atoms with Crippen molar-refractivity contribution in [1.29, 1.82) is 0 Å². The molecule has 2 aliphatic carbocycles. The summed E-state index contributed by atoms with van der Waals surface area (Å²) in [7, 11) is 0. The van der Waals surface area contributed by atoms with E-state index in [4.69, 9.17) is 11.6 Å². The Morgan fingerprint density at radius 3 is 3.12 bits per heavy atom. The minimum atomic E-state index is 0.448. The van der Waals surface area contributed by atoms with Crippen LogP contribution in [0.3, 0.4) is 0 Å². The van der Waals surface area contributed by atoms with Gasteiger partial charge in [-0.15, -0.1) is 0 Å². The van der Waals surface area contributed by atoms with Crippen LogP contribution >= 0.6 is 11.6 Å². The first-order valence-corrected chi connectivity index (χ1v) is 6.79. The van der Waals surface area contributed by atoms with Gasteiger partial charge in [0.15, 0.2) is 0 Å². The maximum atomic E-state index is 6.41. The Bertz CT molecular complexity index is 382. The van der Waals surface area contributed by atoms with Gasteiger partial charge in [-0.25, -0.2) is 0 Å². The molecule has 0 aromatic heterocycles. The van der Waals surface area contributed by atoms with E-state index in [1.165, 1.54) is 18.5 Å². The summed E-state index contributed by atoms with van der Waals surface area (Å²) < 4.78 is 0. The minimum Gasteiger partial charge on any atom is -0.316 e. The Morgan fingerprint density at radius 2 is 2.31 bits per heavy atom. The largest absolute Gasteiger partial charge is 0.316 e. The second kappa shape index (κ2) is 3.61. The maximum absolute atomic E-state index is 6.41. The fraction of sp³-hybridized carbons (Fsp3) is 0.714. The van der Waals surface area contributed by atoms with Crippen LogP contribution in [0.4, 0.5) is 0 Å². The molecule has 1 saturated heterocycles. The van der Waals surface area contributed by atoms with Crippen LogP contribution in [0.1, 0.15) is 33.1 Å². The molecule has 3 atom stereocenters. The maximum Gasteiger partial charge on any atom is 0.0218 e. The van der Waals surface area contributed by atoms with Crippen molar-refractivity contribution in [3.8, 4) is 0 Å². The Hall–Kier alpha value is -0.270. The van der Waals surface area contributed by atoms with Gasteiger partial charge in [0.05, 0.1) is 0 Å². The van der Waals surface area contributed by atoms with Gasteiger partial charge in [0.25, 0.3) is 0 Å². The second-order valence-electron chi connectivity index (χ2n) is 5.88. The number of nitrogens with one attached hydrogen (secondary N) is 1. The van der Waals surface area contributed by atoms with E-state index in [0.717, 1.165) is 30.3 Å². The summed E-state index contributed by atoms with van der Waals surface area (Å²) in [4.78, 5) is 0. The van der Waals surface area contributed by atoms with Gasteiger partial charge < -0.3 is 5.32 Å². The van der Waals surface area contributed by atoms with E-state index in [1.54, 1.807) is 5.57 Å². The second-order valence-corrected chi connectivity index (χ2v) is 6.33. The number of allylic oxidation sites excluding steroid dienone is 3. The van der Waals surface area contributed by atoms with Gasteiger partial charge in [0.1, 0.15) is 0 Å². The highest BCUT2D eigenvalue weighted by molar-refractivity contribution is 6.30. The standard InChI is InChI=1S/C14H20ClN/c1-9-6-11-10(4-3-5-13(11)15)12-7-16-8-14(9,12)2/h4,9,12,16H,3,5-8H2,1-2H3/t9-,12-,14+/m0/s1. The van der Waals surface area contributed by atoms with E-state index in [9.17, 15) is 0 Å². The third kappa shape index (κ3) is 1.34. The van der Waals surface area contributed by atoms with Crippen molar-refractivity contribution >= 4 is 11.6 Å². The van der Waals surface area contributed by atoms with Gasteiger partial charge in [0.2, 0.25) is 0 Å². The molecule has 0 radical (unpaired) electrons. The summed E-state index contributed by atoms with van der Waals surface area (Å²) in [5, 5.41) is 4.71. The summed E-state index contributed by atoms with van der Waals surface area (Å²) in [6.45, 7) is 7.15. The highest BCUT2D eigenvalue weighted by atomic mass is 35.5. The van der Waals surface area contributed by atoms with Gasteiger partial charge in [-0.05, 0) is 41.7 Å². The third-order valence-corrected chi connectivity index (χ3v) is 5.48. The topological polar surface area (TPSA) is 12.0 Å². The van der Waals surface area contributed by atoms with Crippen LogP contribution in [-0.2, 0) is 0 Å². The van der Waals surface area contributed by atoms with Gasteiger partial charge in [-0.2, -0.15) is 0 Å². The first-order valence-electron chi connectivity index (χ1n) is 6.41. The Balaban J connectivity index is 2.06. The summed E-state index contributed by atoms with van der Waals surface area (Å²) in [5.74, 6) is 1.44. The molecule has 2 heteroatoms. The zero-order chi connectivity index (χ0) is 11.3. The van der Waals surface area contributed by atoms with Gasteiger partial charge in [0, 0.05) is 24.0 Å². The average Bonchev–Trinajstić information content (AvgIpc) is 2.64. The van der Waals surface area contributed by atoms with Crippen LogP contribution in [0.25, 0.3) is 0 Å². The van der Waals surface area contributed by atoms with Crippen molar-refractivity contribution in [3.05, 3.63) is 22.3 Å². The lowest BCUT2D eigenvalue weighted by atomic mass is 9.59. The number of hydrogen-bond acceptors (Lipinski definition) is 1. The van der Waals surface area contributed by atoms with Gasteiger partial charge >= 0.3 is 0 Å². The van der Waals surface area contributed by atoms with Crippen LogP contribution in [0.5, 0.6) is 0 Å². The predicted molar refractivity (Wildman–Crippen MR) is 68.4 cm³/mol. The van der Waals surface area contributed by atoms with Crippen molar-refractivity contribution < 1.29 is 0 Å². The average molecular weight is 238 g/mol. The molecule has 0 bridgehead atoms. The molecule has 1 saturated carbocycles. The molecule has 3 rings (SSSR count). The highest BCUT2D eigenvalue weighted by Crippen LogP contribution is 2.54. The molecule has 0 aromatic rings. The molecule has 0 amide bonds. The number of hydrogen-bond donors (Lipinski definition) is 1. The van der Waals surface area contributed by atoms with Gasteiger partial charge in [-0.1, -0.05) is 31.5 Å². The van der Waals surface area contributed by atoms with Crippen LogP contribution in [0.15, 0.2) is 22.3 Å². The van der Waals surface area contributed by atoms with Crippen LogP contribution in [0.2, 0.25) is 0 Å². The first-order chi connectivity index (χ1) is 7.63. The SMILES string of the molecule is C[C@H]1CC2=C(Cl)CCC=C2[C@@H]2CNC[C@]12C. The monoisotopic (exact) mass is 237 g/mol. The van der Waals surface area contributed by atoms with Crippen LogP contribution < -0.4 is 5.32 Å². The quantitative estimate of drug-likeness (QED) is 0.681. The minimum absolute atomic E-state index is 0.448. The smallest absolute Gasteiger partial charge is 0.0218 e. The zero-order valence-electron chi connectivity index (χ0n) is 10.1. The van der Waals surface area contributed by atoms with E-state index in [-0.39, 0.29) is 0 Å². The molecule has 0 spiro atoms. The number of rotatable bonds is 0. The molecule has 16 heavy (non-hydrogen) atoms. The number of fused-ring (bicyclic) bond motifs is 3. The molecular formula is C14H20ClN. The number of halogens is 1. The van der Waals surface area contributed by atoms with Crippen LogP contribution in [-0.4, -0.2) is 13.1 Å². The fourth-order valence-corrected chi connectivity index (χ4v) is 4.03. The molecule has 1 aliphatic heterocycles. The highest BCUT2D eigenvalue weighted by Gasteiger charge is 2.49. The molecule has 1 N–H and O–H groups in total. The van der Waals surface area contributed by atoms with Crippen molar-refractivity contribution in [2.45, 2.75) is 33.1 Å². The zero-order valence-corrected chi connectivity index (χ0v) is 10.9. The Kier molecular flexibility index (Phi) is 2.45. The Morgan fingerprint density at radius 1 is 1.50 bits per heavy atom. The third-order valence-electron chi connectivity index (χ3n) is 5.07. The summed E-state index contributed by atoms with van der Waals surface area (Å²) in [6.07, 6.45) is 5.82. The molecule has 0 aromatic carbocycles. The molecular weight excluding hydrogens is 218 g/mol. The summed E-state index contributed by atoms with van der Waals surface area (Å²) >= 11 is 6.41. The van der Waals surface area contributed by atoms with E-state index in [2.05, 4.69) is 25.2 Å². The van der Waals surface area contributed by atoms with E-state index < -0.39 is 0 Å². The van der Waals surface area contributed by atoms with Gasteiger partial charge in [-0.3, -0.25) is 0 Å². The molecule has 3 aliphatic rings. The summed E-state index contributed by atoms with van der Waals surface area (Å²) in [6, 6.07) is 0. The summed E-state index contributed by atoms with van der Waals surface area (Å²) in [5.41, 5.74) is 3.50. The Labute approximate surface area is 103 Å². The fourth-order valence-electron chi connectivity index (χ4n) is 3.73. The lowest BCUT2D eigenvalue weighted by Crippen LogP contribution is -2.39. The lowest BCUT2D eigenvalue weighted by molar-refractivity contribution is 0.159. The molecule has 2 fully saturated rings. The normalized spacial score (nSPS) is 42.8. The molecule has 88 valence electrons. The van der Waals surface area contributed by atoms with Crippen molar-refractivity contribution in [1.82, 2.24) is 5.32 Å². The van der Waals surface area contributed by atoms with E-state index in [1.807, 2.05) is 0 Å².